The van der Waals surface area contributed by atoms with E-state index in [4.69, 9.17) is 4.74 Å². The van der Waals surface area contributed by atoms with Crippen LogP contribution in [0.25, 0.3) is 0 Å². The largest absolute Gasteiger partial charge is 0.463 e. The smallest absolute Gasteiger partial charge is 0.306 e. The number of rotatable bonds is 13. The summed E-state index contributed by atoms with van der Waals surface area (Å²) >= 11 is 0. The third kappa shape index (κ3) is 15.5. The van der Waals surface area contributed by atoms with Crippen LogP contribution in [0.5, 0.6) is 0 Å². The van der Waals surface area contributed by atoms with Crippen molar-refractivity contribution < 1.29 is 33.4 Å². The molecule has 30 heavy (non-hydrogen) atoms. The van der Waals surface area contributed by atoms with Crippen molar-refractivity contribution in [2.24, 2.45) is 5.92 Å². The fraction of sp³-hybridized carbons (Fsp3) is 0.870. The molecule has 0 aromatic carbocycles. The number of ketones is 2. The molecular weight excluding hydrogens is 394 g/mol. The van der Waals surface area contributed by atoms with Crippen molar-refractivity contribution in [3.63, 3.8) is 0 Å². The Bertz CT molecular complexity index is 492. The molecule has 0 radical (unpaired) electrons. The van der Waals surface area contributed by atoms with Gasteiger partial charge in [-0.2, -0.15) is 8.78 Å². The summed E-state index contributed by atoms with van der Waals surface area (Å²) in [6.07, 6.45) is 7.97. The highest BCUT2D eigenvalue weighted by Crippen LogP contribution is 2.30. The molecule has 1 rings (SSSR count). The SMILES string of the molecule is CCCCC(F)(F)C(=O)CC[C@H]1CCC(=O)C1.CCCCCCC(=O)OC(C)C.O. The molecule has 0 bridgehead atoms. The molecule has 0 aromatic heterocycles. The van der Waals surface area contributed by atoms with Crippen molar-refractivity contribution in [1.82, 2.24) is 0 Å². The van der Waals surface area contributed by atoms with Gasteiger partial charge in [-0.25, -0.2) is 0 Å². The van der Waals surface area contributed by atoms with Gasteiger partial charge < -0.3 is 10.2 Å². The molecule has 0 heterocycles. The predicted octanol–water partition coefficient (Wildman–Crippen LogP) is 5.61. The number of ether oxygens (including phenoxy) is 1. The summed E-state index contributed by atoms with van der Waals surface area (Å²) < 4.78 is 31.7. The molecule has 178 valence electrons. The Morgan fingerprint density at radius 2 is 1.70 bits per heavy atom. The van der Waals surface area contributed by atoms with E-state index in [1.807, 2.05) is 20.8 Å². The van der Waals surface area contributed by atoms with Crippen molar-refractivity contribution in [3.05, 3.63) is 0 Å². The number of Topliss-reactive ketones (excluding diaryl/α,β-unsaturated/α-hetero) is 2. The van der Waals surface area contributed by atoms with Gasteiger partial charge in [-0.05, 0) is 45.4 Å². The summed E-state index contributed by atoms with van der Waals surface area (Å²) in [6.45, 7) is 7.74. The maximum atomic E-state index is 13.3. The van der Waals surface area contributed by atoms with Crippen LogP contribution < -0.4 is 0 Å². The van der Waals surface area contributed by atoms with Crippen molar-refractivity contribution in [2.75, 3.05) is 0 Å². The van der Waals surface area contributed by atoms with Gasteiger partial charge in [0.25, 0.3) is 0 Å². The average molecular weight is 437 g/mol. The zero-order chi connectivity index (χ0) is 22.3. The number of esters is 1. The van der Waals surface area contributed by atoms with Crippen LogP contribution in [0.3, 0.4) is 0 Å². The highest BCUT2D eigenvalue weighted by atomic mass is 19.3. The number of carbonyl (C=O) groups excluding carboxylic acids is 3. The molecule has 0 amide bonds. The first-order valence-electron chi connectivity index (χ1n) is 11.2. The number of unbranched alkanes of at least 4 members (excludes halogenated alkanes) is 4. The first-order valence-corrected chi connectivity index (χ1v) is 11.2. The molecule has 1 aliphatic rings. The minimum atomic E-state index is -3.17. The fourth-order valence-corrected chi connectivity index (χ4v) is 3.21. The quantitative estimate of drug-likeness (QED) is 0.277. The number of alkyl halides is 2. The van der Waals surface area contributed by atoms with Crippen LogP contribution in [-0.2, 0) is 19.1 Å². The van der Waals surface area contributed by atoms with Gasteiger partial charge >= 0.3 is 11.9 Å². The second-order valence-corrected chi connectivity index (χ2v) is 8.27. The van der Waals surface area contributed by atoms with E-state index in [0.717, 1.165) is 19.3 Å². The first kappa shape index (κ1) is 30.8. The minimum absolute atomic E-state index is 0. The van der Waals surface area contributed by atoms with Crippen molar-refractivity contribution in [1.29, 1.82) is 0 Å². The standard InChI is InChI=1S/C13H20F2O2.C10H20O2.H2O/c1-2-3-8-13(14,15)12(17)7-5-10-4-6-11(16)9-10;1-4-5-6-7-8-10(11)12-9(2)3;/h10H,2-9H2,1H3;9H,4-8H2,1-3H3;1H2/t10-;;/m1../s1. The maximum absolute atomic E-state index is 13.3. The van der Waals surface area contributed by atoms with Gasteiger partial charge in [0.2, 0.25) is 5.78 Å². The van der Waals surface area contributed by atoms with Crippen molar-refractivity contribution in [2.45, 2.75) is 123 Å². The number of carbonyl (C=O) groups is 3. The van der Waals surface area contributed by atoms with Crippen LogP contribution in [0.4, 0.5) is 8.78 Å². The molecule has 7 heteroatoms. The third-order valence-electron chi connectivity index (χ3n) is 4.98. The molecule has 1 aliphatic carbocycles. The van der Waals surface area contributed by atoms with Crippen LogP contribution >= 0.6 is 0 Å². The number of halogens is 2. The molecular formula is C23H42F2O5. The van der Waals surface area contributed by atoms with Crippen LogP contribution in [0.2, 0.25) is 0 Å². The Kier molecular flexibility index (Phi) is 17.8. The van der Waals surface area contributed by atoms with Gasteiger partial charge in [-0.3, -0.25) is 14.4 Å². The lowest BCUT2D eigenvalue weighted by atomic mass is 9.96. The van der Waals surface area contributed by atoms with Crippen LogP contribution in [0, 0.1) is 5.92 Å². The summed E-state index contributed by atoms with van der Waals surface area (Å²) in [5, 5.41) is 0. The van der Waals surface area contributed by atoms with Gasteiger partial charge in [0, 0.05) is 32.1 Å². The molecule has 1 fully saturated rings. The van der Waals surface area contributed by atoms with E-state index in [0.29, 0.717) is 38.5 Å². The molecule has 1 atom stereocenters. The Morgan fingerprint density at radius 1 is 1.07 bits per heavy atom. The Labute approximate surface area is 180 Å². The second kappa shape index (κ2) is 17.3. The molecule has 5 nitrogen and oxygen atoms in total. The van der Waals surface area contributed by atoms with E-state index in [-0.39, 0.29) is 42.1 Å². The zero-order valence-electron chi connectivity index (χ0n) is 19.2. The molecule has 0 aromatic rings. The van der Waals surface area contributed by atoms with E-state index in [9.17, 15) is 23.2 Å². The molecule has 0 saturated heterocycles. The summed E-state index contributed by atoms with van der Waals surface area (Å²) in [6, 6.07) is 0. The summed E-state index contributed by atoms with van der Waals surface area (Å²) in [5.74, 6) is -3.83. The van der Waals surface area contributed by atoms with Crippen molar-refractivity contribution in [3.8, 4) is 0 Å². The molecule has 0 unspecified atom stereocenters. The van der Waals surface area contributed by atoms with Gasteiger partial charge in [0.05, 0.1) is 6.10 Å². The average Bonchev–Trinajstić information content (AvgIpc) is 3.07. The van der Waals surface area contributed by atoms with Crippen LogP contribution in [0.15, 0.2) is 0 Å². The number of hydrogen-bond acceptors (Lipinski definition) is 4. The lowest BCUT2D eigenvalue weighted by molar-refractivity contribution is -0.147. The second-order valence-electron chi connectivity index (χ2n) is 8.27. The normalized spacial score (nSPS) is 16.0. The Hall–Kier alpha value is -1.37. The Morgan fingerprint density at radius 3 is 2.20 bits per heavy atom. The molecule has 2 N–H and O–H groups in total. The maximum Gasteiger partial charge on any atom is 0.306 e. The topological polar surface area (TPSA) is 91.9 Å². The predicted molar refractivity (Wildman–Crippen MR) is 115 cm³/mol. The highest BCUT2D eigenvalue weighted by Gasteiger charge is 2.37. The zero-order valence-corrected chi connectivity index (χ0v) is 19.2. The van der Waals surface area contributed by atoms with E-state index < -0.39 is 11.7 Å². The van der Waals surface area contributed by atoms with Crippen molar-refractivity contribution >= 4 is 17.5 Å². The van der Waals surface area contributed by atoms with Crippen LogP contribution in [-0.4, -0.2) is 35.0 Å². The lowest BCUT2D eigenvalue weighted by Gasteiger charge is -2.15. The number of hydrogen-bond donors (Lipinski definition) is 0. The Balaban J connectivity index is 0. The summed E-state index contributed by atoms with van der Waals surface area (Å²) in [7, 11) is 0. The van der Waals surface area contributed by atoms with Gasteiger partial charge in [-0.1, -0.05) is 39.5 Å². The van der Waals surface area contributed by atoms with E-state index in [2.05, 4.69) is 6.92 Å². The molecule has 1 saturated carbocycles. The van der Waals surface area contributed by atoms with E-state index >= 15 is 0 Å². The summed E-state index contributed by atoms with van der Waals surface area (Å²) in [5.41, 5.74) is 0. The monoisotopic (exact) mass is 436 g/mol. The van der Waals surface area contributed by atoms with E-state index in [1.165, 1.54) is 12.8 Å². The van der Waals surface area contributed by atoms with E-state index in [1.54, 1.807) is 0 Å². The van der Waals surface area contributed by atoms with Crippen LogP contribution in [0.1, 0.15) is 111 Å². The van der Waals surface area contributed by atoms with Gasteiger partial charge in [0.1, 0.15) is 5.78 Å². The molecule has 0 aliphatic heterocycles. The fourth-order valence-electron chi connectivity index (χ4n) is 3.21. The highest BCUT2D eigenvalue weighted by molar-refractivity contribution is 5.85. The minimum Gasteiger partial charge on any atom is -0.463 e. The van der Waals surface area contributed by atoms with Gasteiger partial charge in [-0.15, -0.1) is 0 Å². The lowest BCUT2D eigenvalue weighted by Crippen LogP contribution is -2.28. The van der Waals surface area contributed by atoms with Gasteiger partial charge in [0.15, 0.2) is 0 Å². The summed E-state index contributed by atoms with van der Waals surface area (Å²) in [4.78, 5) is 33.4. The molecule has 0 spiro atoms. The third-order valence-corrected chi connectivity index (χ3v) is 4.98. The first-order chi connectivity index (χ1) is 13.6.